The molecule has 2 aromatic rings. The first-order chi connectivity index (χ1) is 9.10. The maximum atomic E-state index is 10.6. The summed E-state index contributed by atoms with van der Waals surface area (Å²) in [5.74, 6) is 0.440. The van der Waals surface area contributed by atoms with E-state index in [0.717, 1.165) is 28.2 Å². The summed E-state index contributed by atoms with van der Waals surface area (Å²) in [5, 5.41) is 10.4. The van der Waals surface area contributed by atoms with Gasteiger partial charge in [-0.05, 0) is 18.2 Å². The molecule has 0 aliphatic heterocycles. The number of aryl methyl sites for hydroxylation is 1. The van der Waals surface area contributed by atoms with Gasteiger partial charge in [0.25, 0.3) is 0 Å². The third kappa shape index (κ3) is 3.35. The van der Waals surface area contributed by atoms with Crippen LogP contribution in [0.15, 0.2) is 23.2 Å². The molecule has 0 spiro atoms. The Hall–Kier alpha value is -1.82. The fourth-order valence-corrected chi connectivity index (χ4v) is 2.63. The third-order valence-electron chi connectivity index (χ3n) is 2.60. The van der Waals surface area contributed by atoms with Crippen LogP contribution in [0.2, 0.25) is 0 Å². The highest BCUT2D eigenvalue weighted by Gasteiger charge is 2.09. The average molecular weight is 277 g/mol. The number of nitrogen functional groups attached to an aromatic ring is 1. The zero-order chi connectivity index (χ0) is 13.8. The van der Waals surface area contributed by atoms with E-state index in [0.29, 0.717) is 11.4 Å². The Balaban J connectivity index is 2.38. The predicted octanol–water partition coefficient (Wildman–Crippen LogP) is 2.34. The Morgan fingerprint density at radius 2 is 2.21 bits per heavy atom. The van der Waals surface area contributed by atoms with Gasteiger partial charge in [-0.15, -0.1) is 11.8 Å². The largest absolute Gasteiger partial charge is 0.481 e. The first kappa shape index (κ1) is 13.6. The standard InChI is InChI=1S/C13H15N3O2S/c1-2-11-15-10-4-3-8(14)7-9(10)13(16-11)19-6-5-12(17)18/h3-4,7H,2,5-6,14H2,1H3,(H,17,18). The van der Waals surface area contributed by atoms with Gasteiger partial charge in [0.15, 0.2) is 0 Å². The smallest absolute Gasteiger partial charge is 0.304 e. The second-order valence-corrected chi connectivity index (χ2v) is 5.15. The number of hydrogen-bond acceptors (Lipinski definition) is 5. The molecule has 19 heavy (non-hydrogen) atoms. The van der Waals surface area contributed by atoms with Crippen molar-refractivity contribution in [1.29, 1.82) is 0 Å². The second kappa shape index (κ2) is 5.88. The molecule has 0 saturated heterocycles. The van der Waals surface area contributed by atoms with Crippen LogP contribution in [0.4, 0.5) is 5.69 Å². The van der Waals surface area contributed by atoms with Crippen molar-refractivity contribution >= 4 is 34.3 Å². The molecule has 1 aromatic heterocycles. The van der Waals surface area contributed by atoms with Crippen molar-refractivity contribution in [3.8, 4) is 0 Å². The van der Waals surface area contributed by atoms with E-state index in [9.17, 15) is 4.79 Å². The van der Waals surface area contributed by atoms with E-state index in [-0.39, 0.29) is 6.42 Å². The van der Waals surface area contributed by atoms with Crippen molar-refractivity contribution in [3.05, 3.63) is 24.0 Å². The molecular formula is C13H15N3O2S. The fourth-order valence-electron chi connectivity index (χ4n) is 1.67. The Labute approximate surface area is 115 Å². The molecule has 100 valence electrons. The summed E-state index contributed by atoms with van der Waals surface area (Å²) in [6.45, 7) is 1.99. The molecule has 0 unspecified atom stereocenters. The molecule has 0 aliphatic rings. The summed E-state index contributed by atoms with van der Waals surface area (Å²) in [7, 11) is 0. The normalized spacial score (nSPS) is 10.8. The molecule has 0 amide bonds. The molecule has 2 rings (SSSR count). The third-order valence-corrected chi connectivity index (χ3v) is 3.59. The van der Waals surface area contributed by atoms with Crippen LogP contribution < -0.4 is 5.73 Å². The van der Waals surface area contributed by atoms with E-state index in [1.807, 2.05) is 19.1 Å². The van der Waals surface area contributed by atoms with Crippen LogP contribution in [0.5, 0.6) is 0 Å². The number of carboxylic acids is 1. The van der Waals surface area contributed by atoms with Gasteiger partial charge in [0.2, 0.25) is 0 Å². The zero-order valence-corrected chi connectivity index (χ0v) is 11.4. The zero-order valence-electron chi connectivity index (χ0n) is 10.6. The van der Waals surface area contributed by atoms with Crippen molar-refractivity contribution in [3.63, 3.8) is 0 Å². The van der Waals surface area contributed by atoms with Gasteiger partial charge in [0, 0.05) is 23.2 Å². The molecule has 1 aromatic carbocycles. The second-order valence-electron chi connectivity index (χ2n) is 4.07. The maximum absolute atomic E-state index is 10.6. The van der Waals surface area contributed by atoms with Gasteiger partial charge < -0.3 is 10.8 Å². The molecule has 0 fully saturated rings. The molecule has 3 N–H and O–H groups in total. The van der Waals surface area contributed by atoms with Gasteiger partial charge in [0.1, 0.15) is 10.9 Å². The summed E-state index contributed by atoms with van der Waals surface area (Å²) in [6, 6.07) is 5.51. The van der Waals surface area contributed by atoms with Gasteiger partial charge in [-0.25, -0.2) is 9.97 Å². The number of aromatic nitrogens is 2. The Morgan fingerprint density at radius 3 is 2.89 bits per heavy atom. The average Bonchev–Trinajstić information content (AvgIpc) is 2.38. The minimum Gasteiger partial charge on any atom is -0.481 e. The van der Waals surface area contributed by atoms with Gasteiger partial charge in [0.05, 0.1) is 11.9 Å². The van der Waals surface area contributed by atoms with Crippen LogP contribution in [-0.4, -0.2) is 26.8 Å². The summed E-state index contributed by atoms with van der Waals surface area (Å²) in [4.78, 5) is 19.5. The summed E-state index contributed by atoms with van der Waals surface area (Å²) >= 11 is 1.43. The molecule has 0 atom stereocenters. The van der Waals surface area contributed by atoms with Crippen molar-refractivity contribution in [2.75, 3.05) is 11.5 Å². The van der Waals surface area contributed by atoms with E-state index in [2.05, 4.69) is 9.97 Å². The topological polar surface area (TPSA) is 89.1 Å². The van der Waals surface area contributed by atoms with Crippen LogP contribution in [0.1, 0.15) is 19.2 Å². The number of benzene rings is 1. The first-order valence-corrected chi connectivity index (χ1v) is 6.99. The van der Waals surface area contributed by atoms with Crippen molar-refractivity contribution in [2.24, 2.45) is 0 Å². The Morgan fingerprint density at radius 1 is 1.42 bits per heavy atom. The SMILES string of the molecule is CCc1nc(SCCC(=O)O)c2cc(N)ccc2n1. The number of fused-ring (bicyclic) bond motifs is 1. The van der Waals surface area contributed by atoms with E-state index in [1.165, 1.54) is 11.8 Å². The fraction of sp³-hybridized carbons (Fsp3) is 0.308. The number of nitrogens with zero attached hydrogens (tertiary/aromatic N) is 2. The lowest BCUT2D eigenvalue weighted by Gasteiger charge is -2.07. The maximum Gasteiger partial charge on any atom is 0.304 e. The minimum absolute atomic E-state index is 0.111. The van der Waals surface area contributed by atoms with Crippen LogP contribution in [0.3, 0.4) is 0 Å². The van der Waals surface area contributed by atoms with Gasteiger partial charge in [-0.2, -0.15) is 0 Å². The van der Waals surface area contributed by atoms with Crippen LogP contribution in [0, 0.1) is 0 Å². The Bertz CT molecular complexity index is 616. The minimum atomic E-state index is -0.805. The molecule has 1 heterocycles. The molecule has 0 radical (unpaired) electrons. The summed E-state index contributed by atoms with van der Waals surface area (Å²) < 4.78 is 0. The van der Waals surface area contributed by atoms with Crippen molar-refractivity contribution in [2.45, 2.75) is 24.8 Å². The number of carbonyl (C=O) groups is 1. The lowest BCUT2D eigenvalue weighted by atomic mass is 10.2. The van der Waals surface area contributed by atoms with Crippen LogP contribution >= 0.6 is 11.8 Å². The highest BCUT2D eigenvalue weighted by Crippen LogP contribution is 2.27. The Kier molecular flexibility index (Phi) is 4.21. The number of hydrogen-bond donors (Lipinski definition) is 2. The van der Waals surface area contributed by atoms with Crippen LogP contribution in [0.25, 0.3) is 10.9 Å². The number of aliphatic carboxylic acids is 1. The van der Waals surface area contributed by atoms with Crippen LogP contribution in [-0.2, 0) is 11.2 Å². The predicted molar refractivity (Wildman–Crippen MR) is 76.3 cm³/mol. The molecule has 5 nitrogen and oxygen atoms in total. The van der Waals surface area contributed by atoms with Crippen molar-refractivity contribution < 1.29 is 9.90 Å². The highest BCUT2D eigenvalue weighted by molar-refractivity contribution is 7.99. The number of rotatable bonds is 5. The number of thioether (sulfide) groups is 1. The van der Waals surface area contributed by atoms with E-state index < -0.39 is 5.97 Å². The summed E-state index contributed by atoms with van der Waals surface area (Å²) in [6.07, 6.45) is 0.854. The molecule has 0 aliphatic carbocycles. The molecule has 0 bridgehead atoms. The first-order valence-electron chi connectivity index (χ1n) is 6.01. The van der Waals surface area contributed by atoms with Gasteiger partial charge in [-0.1, -0.05) is 6.92 Å². The van der Waals surface area contributed by atoms with E-state index in [4.69, 9.17) is 10.8 Å². The lowest BCUT2D eigenvalue weighted by Crippen LogP contribution is -2.00. The van der Waals surface area contributed by atoms with Gasteiger partial charge in [-0.3, -0.25) is 4.79 Å². The monoisotopic (exact) mass is 277 g/mol. The lowest BCUT2D eigenvalue weighted by molar-refractivity contribution is -0.136. The quantitative estimate of drug-likeness (QED) is 0.495. The molecular weight excluding hydrogens is 262 g/mol. The molecule has 6 heteroatoms. The van der Waals surface area contributed by atoms with Gasteiger partial charge >= 0.3 is 5.97 Å². The highest BCUT2D eigenvalue weighted by atomic mass is 32.2. The number of carboxylic acid groups (broad SMARTS) is 1. The van der Waals surface area contributed by atoms with E-state index in [1.54, 1.807) is 6.07 Å². The molecule has 0 saturated carbocycles. The summed E-state index contributed by atoms with van der Waals surface area (Å²) in [5.41, 5.74) is 7.28. The van der Waals surface area contributed by atoms with E-state index >= 15 is 0 Å². The van der Waals surface area contributed by atoms with Crippen molar-refractivity contribution in [1.82, 2.24) is 9.97 Å². The number of anilines is 1. The number of nitrogens with two attached hydrogens (primary N) is 1.